The zero-order chi connectivity index (χ0) is 23.5. The lowest BCUT2D eigenvalue weighted by atomic mass is 10.1. The van der Waals surface area contributed by atoms with Gasteiger partial charge in [-0.25, -0.2) is 0 Å². The van der Waals surface area contributed by atoms with E-state index in [-0.39, 0.29) is 11.5 Å². The average Bonchev–Trinajstić information content (AvgIpc) is 3.47. The van der Waals surface area contributed by atoms with Crippen molar-refractivity contribution in [2.45, 2.75) is 19.6 Å². The number of hydrogen-bond donors (Lipinski definition) is 2. The first kappa shape index (κ1) is 21.7. The Kier molecular flexibility index (Phi) is 6.01. The number of amides is 1. The highest BCUT2D eigenvalue weighted by atomic mass is 35.5. The van der Waals surface area contributed by atoms with Crippen molar-refractivity contribution in [3.05, 3.63) is 123 Å². The van der Waals surface area contributed by atoms with Crippen LogP contribution in [0.25, 0.3) is 10.9 Å². The van der Waals surface area contributed by atoms with Crippen LogP contribution in [0.4, 0.5) is 0 Å². The third-order valence-corrected chi connectivity index (χ3v) is 5.92. The molecule has 0 radical (unpaired) electrons. The summed E-state index contributed by atoms with van der Waals surface area (Å²) < 4.78 is 3.40. The highest BCUT2D eigenvalue weighted by Crippen LogP contribution is 2.22. The maximum absolute atomic E-state index is 12.6. The molecule has 0 spiro atoms. The minimum atomic E-state index is -0.189. The molecule has 5 aromatic rings. The number of carbonyl (C=O) groups excluding carboxylic acids is 1. The monoisotopic (exact) mass is 471 g/mol. The molecular weight excluding hydrogens is 450 g/mol. The predicted molar refractivity (Wildman–Crippen MR) is 132 cm³/mol. The molecular formula is C26H22ClN5O2. The van der Waals surface area contributed by atoms with Crippen LogP contribution < -0.4 is 10.9 Å². The molecule has 0 aliphatic carbocycles. The van der Waals surface area contributed by atoms with Gasteiger partial charge in [-0.05, 0) is 41.0 Å². The van der Waals surface area contributed by atoms with Gasteiger partial charge in [0.25, 0.3) is 11.5 Å². The smallest absolute Gasteiger partial charge is 0.254 e. The van der Waals surface area contributed by atoms with Crippen molar-refractivity contribution in [3.8, 4) is 0 Å². The van der Waals surface area contributed by atoms with Crippen LogP contribution in [0.1, 0.15) is 27.0 Å². The summed E-state index contributed by atoms with van der Waals surface area (Å²) in [4.78, 5) is 27.7. The number of aromatic nitrogens is 4. The maximum atomic E-state index is 12.6. The van der Waals surface area contributed by atoms with Crippen molar-refractivity contribution in [3.63, 3.8) is 0 Å². The molecule has 0 unspecified atom stereocenters. The largest absolute Gasteiger partial charge is 0.361 e. The maximum Gasteiger partial charge on any atom is 0.254 e. The number of rotatable bonds is 7. The predicted octanol–water partition coefficient (Wildman–Crippen LogP) is 4.21. The molecule has 2 N–H and O–H groups in total. The Hall–Kier alpha value is -4.10. The fourth-order valence-electron chi connectivity index (χ4n) is 3.87. The van der Waals surface area contributed by atoms with Gasteiger partial charge in [0.1, 0.15) is 0 Å². The van der Waals surface area contributed by atoms with E-state index in [2.05, 4.69) is 15.4 Å². The van der Waals surface area contributed by atoms with Crippen LogP contribution in [0.5, 0.6) is 0 Å². The summed E-state index contributed by atoms with van der Waals surface area (Å²) in [5, 5.41) is 8.92. The van der Waals surface area contributed by atoms with Crippen LogP contribution in [0.2, 0.25) is 5.02 Å². The van der Waals surface area contributed by atoms with E-state index >= 15 is 0 Å². The summed E-state index contributed by atoms with van der Waals surface area (Å²) in [6.07, 6.45) is 6.96. The fraction of sp³-hybridized carbons (Fsp3) is 0.115. The number of nitrogens with zero attached hydrogens (tertiary/aromatic N) is 3. The number of carbonyl (C=O) groups is 1. The number of fused-ring (bicyclic) bond motifs is 1. The second-order valence-corrected chi connectivity index (χ2v) is 8.53. The minimum absolute atomic E-state index is 0.0255. The number of benzene rings is 2. The Morgan fingerprint density at radius 1 is 1.03 bits per heavy atom. The Labute approximate surface area is 200 Å². The van der Waals surface area contributed by atoms with E-state index in [1.807, 2.05) is 54.7 Å². The van der Waals surface area contributed by atoms with Gasteiger partial charge in [0.05, 0.1) is 24.8 Å². The first-order valence-corrected chi connectivity index (χ1v) is 11.2. The van der Waals surface area contributed by atoms with Gasteiger partial charge in [-0.2, -0.15) is 5.10 Å². The summed E-state index contributed by atoms with van der Waals surface area (Å²) in [6.45, 7) is 1.45. The zero-order valence-electron chi connectivity index (χ0n) is 18.2. The van der Waals surface area contributed by atoms with E-state index in [1.54, 1.807) is 40.0 Å². The third-order valence-electron chi connectivity index (χ3n) is 5.68. The van der Waals surface area contributed by atoms with Crippen LogP contribution >= 0.6 is 11.6 Å². The Morgan fingerprint density at radius 3 is 2.62 bits per heavy atom. The van der Waals surface area contributed by atoms with E-state index in [0.29, 0.717) is 30.2 Å². The summed E-state index contributed by atoms with van der Waals surface area (Å²) in [5.41, 5.74) is 4.51. The van der Waals surface area contributed by atoms with Gasteiger partial charge in [0.15, 0.2) is 0 Å². The van der Waals surface area contributed by atoms with E-state index in [0.717, 1.165) is 27.6 Å². The third kappa shape index (κ3) is 4.79. The van der Waals surface area contributed by atoms with Gasteiger partial charge in [-0.3, -0.25) is 14.3 Å². The summed E-state index contributed by atoms with van der Waals surface area (Å²) in [6, 6.07) is 18.8. The quantitative estimate of drug-likeness (QED) is 0.373. The van der Waals surface area contributed by atoms with Gasteiger partial charge in [0.2, 0.25) is 0 Å². The van der Waals surface area contributed by atoms with Crippen LogP contribution in [-0.4, -0.2) is 25.2 Å². The summed E-state index contributed by atoms with van der Waals surface area (Å²) in [7, 11) is 0. The molecule has 0 bridgehead atoms. The van der Waals surface area contributed by atoms with E-state index in [1.165, 1.54) is 0 Å². The van der Waals surface area contributed by atoms with Crippen molar-refractivity contribution < 1.29 is 4.79 Å². The fourth-order valence-corrected chi connectivity index (χ4v) is 4.04. The number of aromatic amines is 1. The molecule has 0 atom stereocenters. The number of H-pyrrole nitrogens is 1. The van der Waals surface area contributed by atoms with Gasteiger partial charge < -0.3 is 14.9 Å². The topological polar surface area (TPSA) is 84.7 Å². The number of halogens is 1. The lowest BCUT2D eigenvalue weighted by Crippen LogP contribution is -2.22. The number of pyridine rings is 1. The highest BCUT2D eigenvalue weighted by Gasteiger charge is 2.11. The zero-order valence-corrected chi connectivity index (χ0v) is 19.0. The van der Waals surface area contributed by atoms with Gasteiger partial charge in [-0.1, -0.05) is 41.9 Å². The second-order valence-electron chi connectivity index (χ2n) is 8.10. The highest BCUT2D eigenvalue weighted by molar-refractivity contribution is 6.31. The van der Waals surface area contributed by atoms with E-state index in [9.17, 15) is 9.59 Å². The molecule has 3 heterocycles. The van der Waals surface area contributed by atoms with Crippen LogP contribution in [0, 0.1) is 0 Å². The van der Waals surface area contributed by atoms with E-state index < -0.39 is 0 Å². The Bertz CT molecular complexity index is 1510. The molecule has 0 saturated carbocycles. The minimum Gasteiger partial charge on any atom is -0.361 e. The Balaban J connectivity index is 1.20. The molecule has 7 nitrogen and oxygen atoms in total. The number of hydrogen-bond acceptors (Lipinski definition) is 3. The van der Waals surface area contributed by atoms with Crippen molar-refractivity contribution in [1.29, 1.82) is 0 Å². The van der Waals surface area contributed by atoms with Crippen LogP contribution in [0.15, 0.2) is 90.2 Å². The first-order chi connectivity index (χ1) is 16.5. The molecule has 170 valence electrons. The lowest BCUT2D eigenvalue weighted by Gasteiger charge is -2.07. The molecule has 3 aromatic heterocycles. The molecule has 8 heteroatoms. The molecule has 0 aliphatic heterocycles. The SMILES string of the molecule is O=C(NCc1c[nH]c2ccc(Cl)cc12)c1cnn(Cc2ccc(Cn3ccccc3=O)cc2)c1. The normalized spacial score (nSPS) is 11.1. The van der Waals surface area contributed by atoms with Crippen molar-refractivity contribution >= 4 is 28.4 Å². The molecule has 2 aromatic carbocycles. The lowest BCUT2D eigenvalue weighted by molar-refractivity contribution is 0.0951. The van der Waals surface area contributed by atoms with Gasteiger partial charge in [-0.15, -0.1) is 0 Å². The van der Waals surface area contributed by atoms with Gasteiger partial charge in [0, 0.05) is 47.1 Å². The summed E-state index contributed by atoms with van der Waals surface area (Å²) in [5.74, 6) is -0.189. The average molecular weight is 472 g/mol. The number of nitrogens with one attached hydrogen (secondary N) is 2. The Morgan fingerprint density at radius 2 is 1.82 bits per heavy atom. The van der Waals surface area contributed by atoms with Gasteiger partial charge >= 0.3 is 0 Å². The molecule has 34 heavy (non-hydrogen) atoms. The molecule has 0 aliphatic rings. The van der Waals surface area contributed by atoms with Crippen molar-refractivity contribution in [1.82, 2.24) is 24.6 Å². The van der Waals surface area contributed by atoms with Crippen molar-refractivity contribution in [2.75, 3.05) is 0 Å². The molecule has 0 fully saturated rings. The molecule has 0 saturated heterocycles. The summed E-state index contributed by atoms with van der Waals surface area (Å²) >= 11 is 6.10. The van der Waals surface area contributed by atoms with Crippen LogP contribution in [-0.2, 0) is 19.6 Å². The first-order valence-electron chi connectivity index (χ1n) is 10.8. The van der Waals surface area contributed by atoms with Crippen LogP contribution in [0.3, 0.4) is 0 Å². The molecule has 1 amide bonds. The van der Waals surface area contributed by atoms with Crippen molar-refractivity contribution in [2.24, 2.45) is 0 Å². The van der Waals surface area contributed by atoms with E-state index in [4.69, 9.17) is 11.6 Å². The standard InChI is InChI=1S/C26H22ClN5O2/c27-22-8-9-24-23(11-22)20(12-28-24)13-29-26(34)21-14-30-32(17-21)16-19-6-4-18(5-7-19)15-31-10-2-1-3-25(31)33/h1-12,14,17,28H,13,15-16H2,(H,29,34). The second kappa shape index (κ2) is 9.41. The molecule has 5 rings (SSSR count).